The van der Waals surface area contributed by atoms with Crippen LogP contribution in [-0.4, -0.2) is 69.4 Å². The summed E-state index contributed by atoms with van der Waals surface area (Å²) in [5.41, 5.74) is 11.4. The fraction of sp³-hybridized carbons (Fsp3) is 0.810. The molecule has 0 amide bonds. The molecule has 300 valence electrons. The van der Waals surface area contributed by atoms with E-state index < -0.39 is 24.2 Å². The third kappa shape index (κ3) is 29.7. The van der Waals surface area contributed by atoms with Crippen LogP contribution in [0.25, 0.3) is 0 Å². The Labute approximate surface area is 313 Å². The number of hydrogen-bond donors (Lipinski definition) is 6. The van der Waals surface area contributed by atoms with E-state index in [0.29, 0.717) is 11.5 Å². The molecule has 0 rings (SSSR count). The van der Waals surface area contributed by atoms with Crippen molar-refractivity contribution in [1.82, 2.24) is 4.90 Å². The van der Waals surface area contributed by atoms with Crippen molar-refractivity contribution in [2.75, 3.05) is 19.8 Å². The summed E-state index contributed by atoms with van der Waals surface area (Å²) in [7, 11) is 0. The van der Waals surface area contributed by atoms with Crippen LogP contribution in [0.15, 0.2) is 48.6 Å². The van der Waals surface area contributed by atoms with Gasteiger partial charge in [0.25, 0.3) is 5.91 Å². The highest BCUT2D eigenvalue weighted by molar-refractivity contribution is 4.93. The van der Waals surface area contributed by atoms with E-state index in [1.165, 1.54) is 83.5 Å². The maximum absolute atomic E-state index is 11.0. The van der Waals surface area contributed by atoms with Crippen molar-refractivity contribution in [2.45, 2.75) is 199 Å². The summed E-state index contributed by atoms with van der Waals surface area (Å²) in [4.78, 5) is 0.410. The summed E-state index contributed by atoms with van der Waals surface area (Å²) in [6, 6.07) is 0. The Morgan fingerprint density at radius 2 is 0.902 bits per heavy atom. The molecule has 0 bridgehead atoms. The number of ether oxygens (including phenoxy) is 2. The van der Waals surface area contributed by atoms with Gasteiger partial charge >= 0.3 is 0 Å². The molecule has 0 saturated heterocycles. The molecular weight excluding hydrogens is 642 g/mol. The second-order valence-electron chi connectivity index (χ2n) is 14.1. The summed E-state index contributed by atoms with van der Waals surface area (Å²) in [5, 5.41) is 42.3. The predicted molar refractivity (Wildman–Crippen MR) is 213 cm³/mol. The van der Waals surface area contributed by atoms with E-state index in [-0.39, 0.29) is 13.2 Å². The van der Waals surface area contributed by atoms with Crippen molar-refractivity contribution in [2.24, 2.45) is 11.5 Å². The average molecular weight is 724 g/mol. The van der Waals surface area contributed by atoms with Gasteiger partial charge in [-0.1, -0.05) is 140 Å². The van der Waals surface area contributed by atoms with Gasteiger partial charge in [0.05, 0.1) is 6.61 Å². The molecule has 0 saturated carbocycles. The summed E-state index contributed by atoms with van der Waals surface area (Å²) in [6.07, 6.45) is 42.5. The number of nitrogens with zero attached hydrogens (tertiary/aromatic N) is 1. The first-order valence-corrected chi connectivity index (χ1v) is 20.6. The number of hydrogen-bond acceptors (Lipinski definition) is 9. The van der Waals surface area contributed by atoms with Gasteiger partial charge in [-0.25, -0.2) is 0 Å². The van der Waals surface area contributed by atoms with E-state index in [0.717, 1.165) is 77.6 Å². The molecule has 0 aliphatic carbocycles. The molecule has 1 atom stereocenters. The Kier molecular flexibility index (Phi) is 33.4. The van der Waals surface area contributed by atoms with E-state index in [2.05, 4.69) is 62.5 Å². The standard InChI is InChI=1S/C42H81N3O6/c1-4-6-8-10-12-14-16-18-20-22-24-26-28-30-32-34-36-50-38-39(42(48,49)45(40(43)44)41(3,46)47)51-37-35-33-31-29-27-25-23-21-19-17-15-13-11-9-7-5-2/h12-15,18-21,39-40,46-49H,4-11,16-17,22-38,43-44H2,1-3H3/b14-12-,15-13-,20-18-,21-19-. The fourth-order valence-corrected chi connectivity index (χ4v) is 5.94. The average Bonchev–Trinajstić information content (AvgIpc) is 3.07. The quantitative estimate of drug-likeness (QED) is 0.0210. The minimum atomic E-state index is -2.87. The minimum Gasteiger partial charge on any atom is -0.378 e. The lowest BCUT2D eigenvalue weighted by Gasteiger charge is -2.46. The Bertz CT molecular complexity index is 869. The summed E-state index contributed by atoms with van der Waals surface area (Å²) in [5.74, 6) is -5.57. The van der Waals surface area contributed by atoms with Gasteiger partial charge in [-0.2, -0.15) is 4.90 Å². The molecule has 9 heteroatoms. The molecule has 1 unspecified atom stereocenters. The SMILES string of the molecule is CCCCC/C=C\C/C=C\CCCCCCCCOCC(OCCCCCCCC/C=C\C/C=C\CCCCC)C(O)(O)N(C(N)N)C(C)(O)O. The lowest BCUT2D eigenvalue weighted by molar-refractivity contribution is -0.416. The number of nitrogens with two attached hydrogens (primary N) is 2. The lowest BCUT2D eigenvalue weighted by atomic mass is 10.1. The molecule has 0 aromatic carbocycles. The van der Waals surface area contributed by atoms with Gasteiger partial charge in [0.1, 0.15) is 12.4 Å². The molecule has 0 spiro atoms. The van der Waals surface area contributed by atoms with Gasteiger partial charge in [0, 0.05) is 20.1 Å². The second-order valence-corrected chi connectivity index (χ2v) is 14.1. The first-order valence-electron chi connectivity index (χ1n) is 20.6. The van der Waals surface area contributed by atoms with E-state index in [4.69, 9.17) is 20.9 Å². The Hall–Kier alpha value is -1.40. The molecule has 51 heavy (non-hydrogen) atoms. The summed E-state index contributed by atoms with van der Waals surface area (Å²) in [6.45, 7) is 5.96. The van der Waals surface area contributed by atoms with Gasteiger partial charge in [-0.3, -0.25) is 0 Å². The molecule has 0 fully saturated rings. The number of rotatable bonds is 37. The Balaban J connectivity index is 4.33. The van der Waals surface area contributed by atoms with Gasteiger partial charge in [-0.15, -0.1) is 0 Å². The summed E-state index contributed by atoms with van der Waals surface area (Å²) < 4.78 is 11.6. The highest BCUT2D eigenvalue weighted by atomic mass is 16.6. The highest BCUT2D eigenvalue weighted by Crippen LogP contribution is 2.25. The molecule has 9 nitrogen and oxygen atoms in total. The van der Waals surface area contributed by atoms with E-state index >= 15 is 0 Å². The second kappa shape index (κ2) is 34.4. The van der Waals surface area contributed by atoms with E-state index in [9.17, 15) is 20.4 Å². The van der Waals surface area contributed by atoms with Crippen LogP contribution in [0.5, 0.6) is 0 Å². The van der Waals surface area contributed by atoms with Gasteiger partial charge < -0.3 is 41.4 Å². The zero-order chi connectivity index (χ0) is 37.9. The van der Waals surface area contributed by atoms with Crippen molar-refractivity contribution in [3.8, 4) is 0 Å². The van der Waals surface area contributed by atoms with Crippen LogP contribution in [0, 0.1) is 0 Å². The molecule has 0 aliphatic rings. The molecule has 8 N–H and O–H groups in total. The van der Waals surface area contributed by atoms with Crippen molar-refractivity contribution >= 4 is 0 Å². The predicted octanol–water partition coefficient (Wildman–Crippen LogP) is 8.81. The summed E-state index contributed by atoms with van der Waals surface area (Å²) >= 11 is 0. The van der Waals surface area contributed by atoms with Crippen LogP contribution >= 0.6 is 0 Å². The minimum absolute atomic E-state index is 0.158. The normalized spacial score (nSPS) is 13.9. The molecule has 0 aliphatic heterocycles. The van der Waals surface area contributed by atoms with Gasteiger partial charge in [0.2, 0.25) is 5.91 Å². The molecule has 0 aromatic heterocycles. The van der Waals surface area contributed by atoms with E-state index in [1.807, 2.05) is 0 Å². The number of allylic oxidation sites excluding steroid dienone is 8. The maximum Gasteiger partial charge on any atom is 0.261 e. The first kappa shape index (κ1) is 49.6. The third-order valence-corrected chi connectivity index (χ3v) is 8.96. The number of aliphatic hydroxyl groups is 4. The van der Waals surface area contributed by atoms with Crippen LogP contribution in [0.2, 0.25) is 0 Å². The topological polar surface area (TPSA) is 155 Å². The number of unbranched alkanes of at least 4 members (excludes halogenated alkanes) is 18. The first-order chi connectivity index (χ1) is 24.6. The van der Waals surface area contributed by atoms with Crippen molar-refractivity contribution in [3.63, 3.8) is 0 Å². The van der Waals surface area contributed by atoms with Crippen molar-refractivity contribution in [3.05, 3.63) is 48.6 Å². The van der Waals surface area contributed by atoms with Crippen LogP contribution in [0.3, 0.4) is 0 Å². The largest absolute Gasteiger partial charge is 0.378 e. The lowest BCUT2D eigenvalue weighted by Crippen LogP contribution is -2.73. The third-order valence-electron chi connectivity index (χ3n) is 8.96. The molecule has 0 aromatic rings. The zero-order valence-corrected chi connectivity index (χ0v) is 33.1. The maximum atomic E-state index is 11.0. The smallest absolute Gasteiger partial charge is 0.261 e. The van der Waals surface area contributed by atoms with Crippen LogP contribution in [-0.2, 0) is 9.47 Å². The molecule has 0 heterocycles. The Morgan fingerprint density at radius 1 is 0.529 bits per heavy atom. The van der Waals surface area contributed by atoms with Gasteiger partial charge in [0.15, 0.2) is 0 Å². The van der Waals surface area contributed by atoms with Crippen LogP contribution in [0.1, 0.15) is 175 Å². The van der Waals surface area contributed by atoms with E-state index in [1.54, 1.807) is 0 Å². The highest BCUT2D eigenvalue weighted by Gasteiger charge is 2.51. The molecule has 0 radical (unpaired) electrons. The van der Waals surface area contributed by atoms with Crippen LogP contribution < -0.4 is 11.5 Å². The van der Waals surface area contributed by atoms with Gasteiger partial charge in [-0.05, 0) is 77.0 Å². The monoisotopic (exact) mass is 724 g/mol. The Morgan fingerprint density at radius 3 is 1.29 bits per heavy atom. The molecular formula is C42H81N3O6. The van der Waals surface area contributed by atoms with Crippen molar-refractivity contribution in [1.29, 1.82) is 0 Å². The van der Waals surface area contributed by atoms with Crippen molar-refractivity contribution < 1.29 is 29.9 Å². The zero-order valence-electron chi connectivity index (χ0n) is 33.1. The fourth-order valence-electron chi connectivity index (χ4n) is 5.94. The van der Waals surface area contributed by atoms with Crippen LogP contribution in [0.4, 0.5) is 0 Å².